The van der Waals surface area contributed by atoms with Crippen LogP contribution in [0.25, 0.3) is 0 Å². The van der Waals surface area contributed by atoms with Gasteiger partial charge in [-0.2, -0.15) is 0 Å². The molecule has 0 saturated carbocycles. The minimum atomic E-state index is -3.44. The fraction of sp³-hybridized carbons (Fsp3) is 0.615. The maximum atomic E-state index is 12.0. The molecular formula is C13H23N3O3S2. The van der Waals surface area contributed by atoms with Crippen LogP contribution >= 0.6 is 11.3 Å². The molecule has 3 N–H and O–H groups in total. The summed E-state index contributed by atoms with van der Waals surface area (Å²) in [6.45, 7) is 6.62. The number of guanidine groups is 1. The zero-order valence-electron chi connectivity index (χ0n) is 12.5. The van der Waals surface area contributed by atoms with Gasteiger partial charge in [0.05, 0.1) is 18.4 Å². The topological polar surface area (TPSA) is 90.8 Å². The molecule has 1 heterocycles. The molecule has 0 fully saturated rings. The Labute approximate surface area is 130 Å². The van der Waals surface area contributed by atoms with Gasteiger partial charge in [0.25, 0.3) is 0 Å². The van der Waals surface area contributed by atoms with Gasteiger partial charge in [-0.25, -0.2) is 8.42 Å². The first-order chi connectivity index (χ1) is 9.85. The third-order valence-corrected chi connectivity index (χ3v) is 5.73. The van der Waals surface area contributed by atoms with Crippen molar-refractivity contribution in [1.29, 1.82) is 0 Å². The fourth-order valence-electron chi connectivity index (χ4n) is 1.62. The van der Waals surface area contributed by atoms with Crippen LogP contribution < -0.4 is 10.6 Å². The molecule has 1 atom stereocenters. The molecule has 0 amide bonds. The third kappa shape index (κ3) is 6.45. The van der Waals surface area contributed by atoms with Gasteiger partial charge in [-0.15, -0.1) is 11.3 Å². The molecule has 1 aromatic rings. The number of nitrogens with zero attached hydrogens (tertiary/aromatic N) is 1. The summed E-state index contributed by atoms with van der Waals surface area (Å²) < 4.78 is 24.3. The van der Waals surface area contributed by atoms with Crippen LogP contribution in [-0.2, 0) is 9.84 Å². The first-order valence-corrected chi connectivity index (χ1v) is 9.37. The normalized spacial score (nSPS) is 14.2. The summed E-state index contributed by atoms with van der Waals surface area (Å²) in [6, 6.07) is 3.42. The van der Waals surface area contributed by atoms with E-state index in [1.807, 2.05) is 20.8 Å². The molecule has 0 aliphatic heterocycles. The second-order valence-electron chi connectivity index (χ2n) is 4.89. The van der Waals surface area contributed by atoms with E-state index in [2.05, 4.69) is 15.6 Å². The van der Waals surface area contributed by atoms with Crippen molar-refractivity contribution < 1.29 is 13.5 Å². The highest BCUT2D eigenvalue weighted by atomic mass is 32.2. The van der Waals surface area contributed by atoms with E-state index in [4.69, 9.17) is 0 Å². The lowest BCUT2D eigenvalue weighted by Gasteiger charge is -2.15. The summed E-state index contributed by atoms with van der Waals surface area (Å²) in [5.41, 5.74) is 0. The SMILES string of the molecule is CCNC(=NCC(O)CS(=O)(=O)c1cccs1)NC(C)C. The van der Waals surface area contributed by atoms with Crippen LogP contribution in [0.5, 0.6) is 0 Å². The Balaban J connectivity index is 2.61. The van der Waals surface area contributed by atoms with E-state index < -0.39 is 15.9 Å². The Kier molecular flexibility index (Phi) is 7.13. The molecule has 21 heavy (non-hydrogen) atoms. The highest BCUT2D eigenvalue weighted by Gasteiger charge is 2.20. The predicted octanol–water partition coefficient (Wildman–Crippen LogP) is 0.846. The van der Waals surface area contributed by atoms with Crippen molar-refractivity contribution >= 4 is 27.1 Å². The van der Waals surface area contributed by atoms with E-state index in [0.717, 1.165) is 11.3 Å². The maximum absolute atomic E-state index is 12.0. The van der Waals surface area contributed by atoms with Gasteiger partial charge in [0, 0.05) is 12.6 Å². The number of aliphatic hydroxyl groups excluding tert-OH is 1. The van der Waals surface area contributed by atoms with Gasteiger partial charge < -0.3 is 15.7 Å². The van der Waals surface area contributed by atoms with Crippen molar-refractivity contribution in [2.75, 3.05) is 18.8 Å². The van der Waals surface area contributed by atoms with Crippen molar-refractivity contribution in [1.82, 2.24) is 10.6 Å². The molecule has 0 radical (unpaired) electrons. The predicted molar refractivity (Wildman–Crippen MR) is 86.6 cm³/mol. The number of aliphatic imine (C=N–C) groups is 1. The molecular weight excluding hydrogens is 310 g/mol. The van der Waals surface area contributed by atoms with Gasteiger partial charge >= 0.3 is 0 Å². The molecule has 0 spiro atoms. The van der Waals surface area contributed by atoms with E-state index in [1.54, 1.807) is 17.5 Å². The summed E-state index contributed by atoms with van der Waals surface area (Å²) >= 11 is 1.15. The summed E-state index contributed by atoms with van der Waals surface area (Å²) in [7, 11) is -3.44. The lowest BCUT2D eigenvalue weighted by atomic mass is 10.4. The second-order valence-corrected chi connectivity index (χ2v) is 8.09. The quantitative estimate of drug-likeness (QED) is 0.508. The Morgan fingerprint density at radius 3 is 2.71 bits per heavy atom. The Bertz CT molecular complexity index is 539. The average Bonchev–Trinajstić information content (AvgIpc) is 2.89. The van der Waals surface area contributed by atoms with Crippen LogP contribution in [-0.4, -0.2) is 50.5 Å². The van der Waals surface area contributed by atoms with E-state index in [-0.39, 0.29) is 22.5 Å². The maximum Gasteiger partial charge on any atom is 0.191 e. The molecule has 0 bridgehead atoms. The molecule has 0 saturated heterocycles. The molecule has 1 aromatic heterocycles. The van der Waals surface area contributed by atoms with Crippen LogP contribution in [0.15, 0.2) is 26.7 Å². The number of hydrogen-bond acceptors (Lipinski definition) is 5. The lowest BCUT2D eigenvalue weighted by molar-refractivity contribution is 0.206. The second kappa shape index (κ2) is 8.35. The lowest BCUT2D eigenvalue weighted by Crippen LogP contribution is -2.41. The van der Waals surface area contributed by atoms with Crippen molar-refractivity contribution in [2.45, 2.75) is 37.1 Å². The average molecular weight is 333 g/mol. The number of hydrogen-bond donors (Lipinski definition) is 3. The van der Waals surface area contributed by atoms with Crippen molar-refractivity contribution in [3.05, 3.63) is 17.5 Å². The van der Waals surface area contributed by atoms with Crippen LogP contribution in [0.2, 0.25) is 0 Å². The van der Waals surface area contributed by atoms with Gasteiger partial charge in [0.1, 0.15) is 4.21 Å². The number of aliphatic hydroxyl groups is 1. The first-order valence-electron chi connectivity index (χ1n) is 6.84. The van der Waals surface area contributed by atoms with Crippen molar-refractivity contribution in [3.8, 4) is 0 Å². The molecule has 120 valence electrons. The van der Waals surface area contributed by atoms with Crippen LogP contribution in [0.1, 0.15) is 20.8 Å². The summed E-state index contributed by atoms with van der Waals surface area (Å²) in [5, 5.41) is 17.7. The van der Waals surface area contributed by atoms with Crippen LogP contribution in [0, 0.1) is 0 Å². The summed E-state index contributed by atoms with van der Waals surface area (Å²) in [4.78, 5) is 4.20. The van der Waals surface area contributed by atoms with E-state index in [1.165, 1.54) is 0 Å². The number of thiophene rings is 1. The zero-order chi connectivity index (χ0) is 15.9. The van der Waals surface area contributed by atoms with E-state index >= 15 is 0 Å². The first kappa shape index (κ1) is 17.9. The standard InChI is InChI=1S/C13H23N3O3S2/c1-4-14-13(16-10(2)3)15-8-11(17)9-21(18,19)12-6-5-7-20-12/h5-7,10-11,17H,4,8-9H2,1-3H3,(H2,14,15,16). The smallest absolute Gasteiger partial charge is 0.191 e. The van der Waals surface area contributed by atoms with Gasteiger partial charge in [0.15, 0.2) is 15.8 Å². The number of sulfone groups is 1. The highest BCUT2D eigenvalue weighted by Crippen LogP contribution is 2.18. The fourth-order valence-corrected chi connectivity index (χ4v) is 4.09. The molecule has 1 rings (SSSR count). The molecule has 6 nitrogen and oxygen atoms in total. The number of rotatable bonds is 7. The van der Waals surface area contributed by atoms with Crippen LogP contribution in [0.4, 0.5) is 0 Å². The van der Waals surface area contributed by atoms with Gasteiger partial charge in [-0.3, -0.25) is 4.99 Å². The molecule has 0 aliphatic carbocycles. The zero-order valence-corrected chi connectivity index (χ0v) is 14.2. The summed E-state index contributed by atoms with van der Waals surface area (Å²) in [5.74, 6) is 0.248. The monoisotopic (exact) mass is 333 g/mol. The van der Waals surface area contributed by atoms with E-state index in [0.29, 0.717) is 12.5 Å². The molecule has 1 unspecified atom stereocenters. The van der Waals surface area contributed by atoms with Crippen molar-refractivity contribution in [2.24, 2.45) is 4.99 Å². The van der Waals surface area contributed by atoms with Gasteiger partial charge in [-0.1, -0.05) is 6.07 Å². The van der Waals surface area contributed by atoms with Gasteiger partial charge in [0.2, 0.25) is 0 Å². The third-order valence-electron chi connectivity index (χ3n) is 2.44. The Morgan fingerprint density at radius 2 is 2.19 bits per heavy atom. The van der Waals surface area contributed by atoms with Crippen molar-refractivity contribution in [3.63, 3.8) is 0 Å². The highest BCUT2D eigenvalue weighted by molar-refractivity contribution is 7.93. The van der Waals surface area contributed by atoms with E-state index in [9.17, 15) is 13.5 Å². The minimum Gasteiger partial charge on any atom is -0.390 e. The molecule has 0 aliphatic rings. The Morgan fingerprint density at radius 1 is 1.48 bits per heavy atom. The van der Waals surface area contributed by atoms with Crippen LogP contribution in [0.3, 0.4) is 0 Å². The largest absolute Gasteiger partial charge is 0.390 e. The molecule has 0 aromatic carbocycles. The Hall–Kier alpha value is -1.12. The number of nitrogens with one attached hydrogen (secondary N) is 2. The summed E-state index contributed by atoms with van der Waals surface area (Å²) in [6.07, 6.45) is -1.03. The molecule has 8 heteroatoms. The van der Waals surface area contributed by atoms with Gasteiger partial charge in [-0.05, 0) is 32.2 Å². The minimum absolute atomic E-state index is 0.0344.